The van der Waals surface area contributed by atoms with Crippen LogP contribution in [-0.4, -0.2) is 30.1 Å². The molecule has 2 heterocycles. The van der Waals surface area contributed by atoms with E-state index in [0.717, 1.165) is 35.2 Å². The SMILES string of the molecule is Cc1c(Cl)ccc2sc(N(CC3CCCO3)C(=O)c3ccccc3Cl)nc12. The van der Waals surface area contributed by atoms with E-state index in [1.807, 2.05) is 31.2 Å². The highest BCUT2D eigenvalue weighted by atomic mass is 35.5. The summed E-state index contributed by atoms with van der Waals surface area (Å²) in [6.07, 6.45) is 1.95. The third-order valence-electron chi connectivity index (χ3n) is 4.73. The minimum absolute atomic E-state index is 0.00753. The van der Waals surface area contributed by atoms with Crippen molar-refractivity contribution in [2.75, 3.05) is 18.1 Å². The molecule has 1 aliphatic heterocycles. The Bertz CT molecular complexity index is 999. The first-order valence-corrected chi connectivity index (χ1v) is 10.4. The van der Waals surface area contributed by atoms with Gasteiger partial charge in [0, 0.05) is 11.6 Å². The molecule has 0 radical (unpaired) electrons. The highest BCUT2D eigenvalue weighted by molar-refractivity contribution is 7.22. The minimum Gasteiger partial charge on any atom is -0.376 e. The maximum Gasteiger partial charge on any atom is 0.261 e. The number of hydrogen-bond donors (Lipinski definition) is 0. The monoisotopic (exact) mass is 420 g/mol. The number of carbonyl (C=O) groups excluding carboxylic acids is 1. The normalized spacial score (nSPS) is 16.8. The van der Waals surface area contributed by atoms with Gasteiger partial charge in [0.2, 0.25) is 0 Å². The van der Waals surface area contributed by atoms with Crippen molar-refractivity contribution in [2.45, 2.75) is 25.9 Å². The predicted octanol–water partition coefficient (Wildman–Crippen LogP) is 5.74. The number of thiazole rings is 1. The van der Waals surface area contributed by atoms with Crippen LogP contribution >= 0.6 is 34.5 Å². The van der Waals surface area contributed by atoms with E-state index in [-0.39, 0.29) is 12.0 Å². The van der Waals surface area contributed by atoms with Crippen LogP contribution in [0.15, 0.2) is 36.4 Å². The average molecular weight is 421 g/mol. The topological polar surface area (TPSA) is 42.4 Å². The molecule has 27 heavy (non-hydrogen) atoms. The maximum absolute atomic E-state index is 13.3. The van der Waals surface area contributed by atoms with Gasteiger partial charge in [-0.2, -0.15) is 0 Å². The summed E-state index contributed by atoms with van der Waals surface area (Å²) < 4.78 is 6.76. The molecular formula is C20H18Cl2N2O2S. The van der Waals surface area contributed by atoms with Gasteiger partial charge in [-0.3, -0.25) is 9.69 Å². The van der Waals surface area contributed by atoms with Crippen LogP contribution in [0.5, 0.6) is 0 Å². The molecule has 7 heteroatoms. The van der Waals surface area contributed by atoms with Crippen LogP contribution < -0.4 is 4.90 Å². The molecule has 4 rings (SSSR count). The van der Waals surface area contributed by atoms with Crippen molar-refractivity contribution in [1.29, 1.82) is 0 Å². The predicted molar refractivity (Wildman–Crippen MR) is 111 cm³/mol. The molecule has 1 aromatic heterocycles. The van der Waals surface area contributed by atoms with Crippen molar-refractivity contribution in [3.05, 3.63) is 57.6 Å². The lowest BCUT2D eigenvalue weighted by molar-refractivity contribution is 0.0917. The Morgan fingerprint density at radius 2 is 2.07 bits per heavy atom. The summed E-state index contributed by atoms with van der Waals surface area (Å²) in [5.41, 5.74) is 2.21. The Morgan fingerprint density at radius 3 is 2.81 bits per heavy atom. The summed E-state index contributed by atoms with van der Waals surface area (Å²) in [7, 11) is 0. The lowest BCUT2D eigenvalue weighted by Crippen LogP contribution is -2.37. The van der Waals surface area contributed by atoms with Gasteiger partial charge in [0.05, 0.1) is 33.5 Å². The van der Waals surface area contributed by atoms with E-state index in [1.165, 1.54) is 11.3 Å². The van der Waals surface area contributed by atoms with Crippen molar-refractivity contribution in [3.63, 3.8) is 0 Å². The molecule has 0 bridgehead atoms. The third kappa shape index (κ3) is 3.69. The molecule has 1 amide bonds. The maximum atomic E-state index is 13.3. The molecule has 0 aliphatic carbocycles. The molecule has 0 saturated carbocycles. The number of benzene rings is 2. The summed E-state index contributed by atoms with van der Waals surface area (Å²) >= 11 is 14.0. The molecule has 2 aromatic carbocycles. The molecule has 0 N–H and O–H groups in total. The second kappa shape index (κ2) is 7.76. The number of ether oxygens (including phenoxy) is 1. The van der Waals surface area contributed by atoms with Gasteiger partial charge in [-0.15, -0.1) is 0 Å². The quantitative estimate of drug-likeness (QED) is 0.540. The van der Waals surface area contributed by atoms with Crippen molar-refractivity contribution < 1.29 is 9.53 Å². The number of aromatic nitrogens is 1. The first kappa shape index (κ1) is 18.7. The number of fused-ring (bicyclic) bond motifs is 1. The molecule has 4 nitrogen and oxygen atoms in total. The lowest BCUT2D eigenvalue weighted by Gasteiger charge is -2.23. The molecule has 1 unspecified atom stereocenters. The van der Waals surface area contributed by atoms with E-state index >= 15 is 0 Å². The van der Waals surface area contributed by atoms with E-state index in [0.29, 0.717) is 27.3 Å². The number of rotatable bonds is 4. The molecule has 1 saturated heterocycles. The zero-order chi connectivity index (χ0) is 19.0. The van der Waals surface area contributed by atoms with Gasteiger partial charge in [0.1, 0.15) is 0 Å². The molecule has 1 aliphatic rings. The molecule has 1 fully saturated rings. The van der Waals surface area contributed by atoms with Crippen molar-refractivity contribution >= 4 is 55.8 Å². The van der Waals surface area contributed by atoms with Gasteiger partial charge < -0.3 is 4.74 Å². The van der Waals surface area contributed by atoms with Crippen LogP contribution in [0.2, 0.25) is 10.0 Å². The first-order chi connectivity index (χ1) is 13.0. The summed E-state index contributed by atoms with van der Waals surface area (Å²) in [6, 6.07) is 10.9. The summed E-state index contributed by atoms with van der Waals surface area (Å²) in [6.45, 7) is 3.12. The zero-order valence-corrected chi connectivity index (χ0v) is 17.1. The van der Waals surface area contributed by atoms with Gasteiger partial charge in [-0.1, -0.05) is 46.7 Å². The number of hydrogen-bond acceptors (Lipinski definition) is 4. The Morgan fingerprint density at radius 1 is 1.26 bits per heavy atom. The van der Waals surface area contributed by atoms with Crippen molar-refractivity contribution in [1.82, 2.24) is 4.98 Å². The van der Waals surface area contributed by atoms with Crippen LogP contribution in [0, 0.1) is 6.92 Å². The minimum atomic E-state index is -0.168. The van der Waals surface area contributed by atoms with E-state index in [1.54, 1.807) is 17.0 Å². The molecule has 1 atom stereocenters. The van der Waals surface area contributed by atoms with Crippen LogP contribution in [0.4, 0.5) is 5.13 Å². The Labute approximate surface area is 171 Å². The van der Waals surface area contributed by atoms with Crippen LogP contribution in [0.25, 0.3) is 10.2 Å². The fourth-order valence-electron chi connectivity index (χ4n) is 3.22. The molecular weight excluding hydrogens is 403 g/mol. The van der Waals surface area contributed by atoms with Gasteiger partial charge >= 0.3 is 0 Å². The molecule has 140 valence electrons. The van der Waals surface area contributed by atoms with E-state index < -0.39 is 0 Å². The summed E-state index contributed by atoms with van der Waals surface area (Å²) in [4.78, 5) is 19.7. The number of nitrogens with zero attached hydrogens (tertiary/aromatic N) is 2. The number of anilines is 1. The summed E-state index contributed by atoms with van der Waals surface area (Å²) in [5.74, 6) is -0.168. The standard InChI is InChI=1S/C20H18Cl2N2O2S/c1-12-15(21)8-9-17-18(12)23-20(27-17)24(11-13-5-4-10-26-13)19(25)14-6-2-3-7-16(14)22/h2-3,6-9,13H,4-5,10-11H2,1H3. The lowest BCUT2D eigenvalue weighted by atomic mass is 10.1. The Kier molecular flexibility index (Phi) is 5.37. The Balaban J connectivity index is 1.76. The van der Waals surface area contributed by atoms with Crippen LogP contribution in [-0.2, 0) is 4.74 Å². The molecule has 3 aromatic rings. The number of aryl methyl sites for hydroxylation is 1. The van der Waals surface area contributed by atoms with E-state index in [4.69, 9.17) is 32.9 Å². The number of carbonyl (C=O) groups is 1. The fourth-order valence-corrected chi connectivity index (χ4v) is 4.63. The highest BCUT2D eigenvalue weighted by Crippen LogP contribution is 2.35. The first-order valence-electron chi connectivity index (χ1n) is 8.78. The fraction of sp³-hybridized carbons (Fsp3) is 0.300. The largest absolute Gasteiger partial charge is 0.376 e. The number of halogens is 2. The van der Waals surface area contributed by atoms with Crippen LogP contribution in [0.3, 0.4) is 0 Å². The second-order valence-electron chi connectivity index (χ2n) is 6.55. The average Bonchev–Trinajstić information content (AvgIpc) is 3.32. The highest BCUT2D eigenvalue weighted by Gasteiger charge is 2.28. The van der Waals surface area contributed by atoms with Gasteiger partial charge in [0.25, 0.3) is 5.91 Å². The van der Waals surface area contributed by atoms with E-state index in [9.17, 15) is 4.79 Å². The number of amides is 1. The van der Waals surface area contributed by atoms with Gasteiger partial charge in [-0.25, -0.2) is 4.98 Å². The van der Waals surface area contributed by atoms with Crippen molar-refractivity contribution in [2.24, 2.45) is 0 Å². The van der Waals surface area contributed by atoms with Gasteiger partial charge in [0.15, 0.2) is 5.13 Å². The van der Waals surface area contributed by atoms with E-state index in [2.05, 4.69) is 0 Å². The Hall–Kier alpha value is -1.66. The summed E-state index contributed by atoms with van der Waals surface area (Å²) in [5, 5.41) is 1.73. The van der Waals surface area contributed by atoms with Crippen LogP contribution in [0.1, 0.15) is 28.8 Å². The third-order valence-corrected chi connectivity index (χ3v) is 6.51. The zero-order valence-electron chi connectivity index (χ0n) is 14.7. The molecule has 0 spiro atoms. The van der Waals surface area contributed by atoms with Crippen molar-refractivity contribution in [3.8, 4) is 0 Å². The second-order valence-corrected chi connectivity index (χ2v) is 8.37. The van der Waals surface area contributed by atoms with Gasteiger partial charge in [-0.05, 0) is 49.6 Å². The smallest absolute Gasteiger partial charge is 0.261 e.